The van der Waals surface area contributed by atoms with E-state index in [1.54, 1.807) is 7.05 Å². The first-order valence-corrected chi connectivity index (χ1v) is 4.60. The van der Waals surface area contributed by atoms with Crippen molar-refractivity contribution in [2.75, 3.05) is 12.4 Å². The molecule has 4 nitrogen and oxygen atoms in total. The van der Waals surface area contributed by atoms with Crippen LogP contribution < -0.4 is 5.32 Å². The number of furan rings is 1. The predicted octanol–water partition coefficient (Wildman–Crippen LogP) is 2.34. The van der Waals surface area contributed by atoms with Gasteiger partial charge in [0.2, 0.25) is 0 Å². The second-order valence-corrected chi connectivity index (χ2v) is 3.42. The molecular formula is C8H8BrN3O. The Morgan fingerprint density at radius 1 is 1.46 bits per heavy atom. The van der Waals surface area contributed by atoms with E-state index in [1.165, 1.54) is 6.33 Å². The second kappa shape index (κ2) is 2.99. The Kier molecular flexibility index (Phi) is 1.95. The van der Waals surface area contributed by atoms with Crippen LogP contribution in [0.2, 0.25) is 0 Å². The third kappa shape index (κ3) is 1.19. The number of halogens is 1. The number of fused-ring (bicyclic) bond motifs is 1. The highest BCUT2D eigenvalue weighted by Gasteiger charge is 2.12. The van der Waals surface area contributed by atoms with Gasteiger partial charge in [-0.1, -0.05) is 0 Å². The van der Waals surface area contributed by atoms with Crippen LogP contribution in [0.3, 0.4) is 0 Å². The number of anilines is 1. The maximum atomic E-state index is 5.49. The molecule has 1 N–H and O–H groups in total. The van der Waals surface area contributed by atoms with E-state index in [1.807, 2.05) is 6.92 Å². The summed E-state index contributed by atoms with van der Waals surface area (Å²) in [4.78, 5) is 8.16. The minimum atomic E-state index is 0.689. The highest BCUT2D eigenvalue weighted by Crippen LogP contribution is 2.31. The first-order valence-electron chi connectivity index (χ1n) is 3.81. The summed E-state index contributed by atoms with van der Waals surface area (Å²) < 4.78 is 6.38. The zero-order chi connectivity index (χ0) is 9.42. The molecular weight excluding hydrogens is 234 g/mol. The molecule has 5 heteroatoms. The molecule has 2 aromatic rings. The lowest BCUT2D eigenvalue weighted by Crippen LogP contribution is -1.92. The molecule has 0 aliphatic carbocycles. The monoisotopic (exact) mass is 241 g/mol. The first kappa shape index (κ1) is 8.50. The van der Waals surface area contributed by atoms with Crippen molar-refractivity contribution in [3.05, 3.63) is 16.6 Å². The fourth-order valence-corrected chi connectivity index (χ4v) is 1.53. The standard InChI is InChI=1S/C8H8BrN3O/c1-4-5(9)6-7(13-4)8(10-2)12-3-11-6/h3H,1-2H3,(H,10,11,12). The topological polar surface area (TPSA) is 51.0 Å². The lowest BCUT2D eigenvalue weighted by atomic mass is 10.4. The smallest absolute Gasteiger partial charge is 0.196 e. The summed E-state index contributed by atoms with van der Waals surface area (Å²) >= 11 is 3.40. The zero-order valence-corrected chi connectivity index (χ0v) is 8.84. The van der Waals surface area contributed by atoms with Crippen LogP contribution in [-0.4, -0.2) is 17.0 Å². The van der Waals surface area contributed by atoms with E-state index < -0.39 is 0 Å². The summed E-state index contributed by atoms with van der Waals surface area (Å²) in [6, 6.07) is 0. The molecule has 0 saturated carbocycles. The molecule has 13 heavy (non-hydrogen) atoms. The van der Waals surface area contributed by atoms with Crippen LogP contribution in [0.5, 0.6) is 0 Å². The molecule has 0 saturated heterocycles. The average Bonchev–Trinajstić information content (AvgIpc) is 2.43. The van der Waals surface area contributed by atoms with Gasteiger partial charge in [0.1, 0.15) is 17.6 Å². The summed E-state index contributed by atoms with van der Waals surface area (Å²) in [7, 11) is 1.80. The maximum Gasteiger partial charge on any atom is 0.196 e. The summed E-state index contributed by atoms with van der Waals surface area (Å²) in [6.07, 6.45) is 1.51. The van der Waals surface area contributed by atoms with Gasteiger partial charge < -0.3 is 9.73 Å². The number of rotatable bonds is 1. The molecule has 0 aromatic carbocycles. The van der Waals surface area contributed by atoms with Crippen LogP contribution in [0.4, 0.5) is 5.82 Å². The van der Waals surface area contributed by atoms with Crippen LogP contribution >= 0.6 is 15.9 Å². The molecule has 0 bridgehead atoms. The molecule has 0 radical (unpaired) electrons. The van der Waals surface area contributed by atoms with Gasteiger partial charge in [0.25, 0.3) is 0 Å². The third-order valence-corrected chi connectivity index (χ3v) is 2.75. The van der Waals surface area contributed by atoms with Crippen LogP contribution in [-0.2, 0) is 0 Å². The van der Waals surface area contributed by atoms with Gasteiger partial charge in [-0.3, -0.25) is 0 Å². The number of hydrogen-bond donors (Lipinski definition) is 1. The lowest BCUT2D eigenvalue weighted by Gasteiger charge is -1.96. The van der Waals surface area contributed by atoms with E-state index in [9.17, 15) is 0 Å². The summed E-state index contributed by atoms with van der Waals surface area (Å²) in [6.45, 7) is 1.88. The summed E-state index contributed by atoms with van der Waals surface area (Å²) in [5.74, 6) is 1.52. The molecule has 0 atom stereocenters. The average molecular weight is 242 g/mol. The van der Waals surface area contributed by atoms with E-state index in [4.69, 9.17) is 4.42 Å². The van der Waals surface area contributed by atoms with Gasteiger partial charge in [0, 0.05) is 7.05 Å². The zero-order valence-electron chi connectivity index (χ0n) is 7.26. The van der Waals surface area contributed by atoms with E-state index in [0.29, 0.717) is 11.4 Å². The van der Waals surface area contributed by atoms with Crippen molar-refractivity contribution in [2.45, 2.75) is 6.92 Å². The molecule has 0 fully saturated rings. The Morgan fingerprint density at radius 3 is 2.92 bits per heavy atom. The number of nitrogens with zero attached hydrogens (tertiary/aromatic N) is 2. The molecule has 0 aliphatic heterocycles. The summed E-state index contributed by atoms with van der Waals surface area (Å²) in [5, 5.41) is 2.94. The van der Waals surface area contributed by atoms with E-state index >= 15 is 0 Å². The van der Waals surface area contributed by atoms with Crippen LogP contribution in [0.25, 0.3) is 11.1 Å². The van der Waals surface area contributed by atoms with Crippen molar-refractivity contribution < 1.29 is 4.42 Å². The number of hydrogen-bond acceptors (Lipinski definition) is 4. The summed E-state index contributed by atoms with van der Waals surface area (Å²) in [5.41, 5.74) is 1.49. The Balaban J connectivity index is 2.84. The van der Waals surface area contributed by atoms with Crippen molar-refractivity contribution in [1.82, 2.24) is 9.97 Å². The molecule has 0 spiro atoms. The van der Waals surface area contributed by atoms with Crippen molar-refractivity contribution >= 4 is 32.8 Å². The Hall–Kier alpha value is -1.10. The molecule has 2 heterocycles. The fourth-order valence-electron chi connectivity index (χ4n) is 1.17. The van der Waals surface area contributed by atoms with Gasteiger partial charge in [-0.25, -0.2) is 9.97 Å². The molecule has 68 valence electrons. The molecule has 2 aromatic heterocycles. The number of nitrogens with one attached hydrogen (secondary N) is 1. The fraction of sp³-hybridized carbons (Fsp3) is 0.250. The SMILES string of the molecule is CNc1ncnc2c(Br)c(C)oc12. The second-order valence-electron chi connectivity index (χ2n) is 2.62. The van der Waals surface area contributed by atoms with Gasteiger partial charge in [-0.05, 0) is 22.9 Å². The highest BCUT2D eigenvalue weighted by atomic mass is 79.9. The predicted molar refractivity (Wildman–Crippen MR) is 53.8 cm³/mol. The van der Waals surface area contributed by atoms with E-state index in [-0.39, 0.29) is 0 Å². The Labute approximate surface area is 83.5 Å². The maximum absolute atomic E-state index is 5.49. The van der Waals surface area contributed by atoms with Crippen molar-refractivity contribution in [3.8, 4) is 0 Å². The van der Waals surface area contributed by atoms with Crippen molar-refractivity contribution in [2.24, 2.45) is 0 Å². The Morgan fingerprint density at radius 2 is 2.23 bits per heavy atom. The molecule has 2 rings (SSSR count). The normalized spacial score (nSPS) is 10.7. The van der Waals surface area contributed by atoms with Gasteiger partial charge in [0.05, 0.1) is 4.47 Å². The minimum Gasteiger partial charge on any atom is -0.455 e. The first-order chi connectivity index (χ1) is 6.24. The molecule has 0 aliphatic rings. The van der Waals surface area contributed by atoms with Crippen LogP contribution in [0.15, 0.2) is 15.2 Å². The van der Waals surface area contributed by atoms with Gasteiger partial charge in [0.15, 0.2) is 11.4 Å². The quantitative estimate of drug-likeness (QED) is 0.833. The number of aryl methyl sites for hydroxylation is 1. The number of aromatic nitrogens is 2. The van der Waals surface area contributed by atoms with Gasteiger partial charge in [-0.15, -0.1) is 0 Å². The van der Waals surface area contributed by atoms with Crippen LogP contribution in [0, 0.1) is 6.92 Å². The Bertz CT molecular complexity index is 452. The highest BCUT2D eigenvalue weighted by molar-refractivity contribution is 9.10. The molecule has 0 unspecified atom stereocenters. The minimum absolute atomic E-state index is 0.689. The third-order valence-electron chi connectivity index (χ3n) is 1.81. The van der Waals surface area contributed by atoms with Gasteiger partial charge in [-0.2, -0.15) is 0 Å². The van der Waals surface area contributed by atoms with E-state index in [0.717, 1.165) is 15.7 Å². The lowest BCUT2D eigenvalue weighted by molar-refractivity contribution is 0.575. The molecule has 0 amide bonds. The largest absolute Gasteiger partial charge is 0.455 e. The van der Waals surface area contributed by atoms with E-state index in [2.05, 4.69) is 31.2 Å². The van der Waals surface area contributed by atoms with Crippen LogP contribution in [0.1, 0.15) is 5.76 Å². The van der Waals surface area contributed by atoms with Crippen molar-refractivity contribution in [1.29, 1.82) is 0 Å². The van der Waals surface area contributed by atoms with Gasteiger partial charge >= 0.3 is 0 Å². The van der Waals surface area contributed by atoms with Crippen molar-refractivity contribution in [3.63, 3.8) is 0 Å².